The van der Waals surface area contributed by atoms with Crippen molar-refractivity contribution < 1.29 is 14.1 Å². The van der Waals surface area contributed by atoms with Gasteiger partial charge in [-0.05, 0) is 37.3 Å². The van der Waals surface area contributed by atoms with E-state index >= 15 is 0 Å². The van der Waals surface area contributed by atoms with Gasteiger partial charge in [-0.1, -0.05) is 16.8 Å². The molecule has 0 spiro atoms. The standard InChI is InChI=1S/C18H17ClN6O3/c1-11(17-23-16(24-28-17)12-2-4-13(19)5-3-12)21-18-20-7-6-14(22-18)25-8-9-27-15(25)10-26/h2-7,10-11,15H,8-9H2,1H3,(H,20,21,22). The highest BCUT2D eigenvalue weighted by atomic mass is 35.5. The molecule has 1 N–H and O–H groups in total. The Bertz CT molecular complexity index is 964. The predicted octanol–water partition coefficient (Wildman–Crippen LogP) is 2.71. The molecule has 3 aromatic rings. The number of aromatic nitrogens is 4. The monoisotopic (exact) mass is 400 g/mol. The summed E-state index contributed by atoms with van der Waals surface area (Å²) in [6.45, 7) is 2.92. The number of nitrogens with one attached hydrogen (secondary N) is 1. The lowest BCUT2D eigenvalue weighted by Gasteiger charge is -2.20. The van der Waals surface area contributed by atoms with E-state index in [4.69, 9.17) is 20.9 Å². The summed E-state index contributed by atoms with van der Waals surface area (Å²) in [7, 11) is 0. The van der Waals surface area contributed by atoms with Crippen molar-refractivity contribution in [3.63, 3.8) is 0 Å². The van der Waals surface area contributed by atoms with Crippen molar-refractivity contribution in [2.45, 2.75) is 19.2 Å². The van der Waals surface area contributed by atoms with Gasteiger partial charge in [-0.25, -0.2) is 4.98 Å². The summed E-state index contributed by atoms with van der Waals surface area (Å²) in [4.78, 5) is 26.0. The minimum Gasteiger partial charge on any atom is -0.349 e. The Morgan fingerprint density at radius 3 is 2.89 bits per heavy atom. The zero-order valence-electron chi connectivity index (χ0n) is 14.9. The summed E-state index contributed by atoms with van der Waals surface area (Å²) in [5, 5.41) is 7.78. The summed E-state index contributed by atoms with van der Waals surface area (Å²) in [5.41, 5.74) is 0.804. The van der Waals surface area contributed by atoms with Crippen LogP contribution in [0.3, 0.4) is 0 Å². The second-order valence-corrected chi connectivity index (χ2v) is 6.59. The highest BCUT2D eigenvalue weighted by Crippen LogP contribution is 2.23. The van der Waals surface area contributed by atoms with Gasteiger partial charge in [0.2, 0.25) is 17.7 Å². The van der Waals surface area contributed by atoms with Crippen molar-refractivity contribution in [2.75, 3.05) is 23.4 Å². The summed E-state index contributed by atoms with van der Waals surface area (Å²) in [6.07, 6.45) is 1.74. The van der Waals surface area contributed by atoms with Gasteiger partial charge in [0.25, 0.3) is 0 Å². The number of rotatable bonds is 6. The Kier molecular flexibility index (Phi) is 5.18. The largest absolute Gasteiger partial charge is 0.349 e. The van der Waals surface area contributed by atoms with Crippen molar-refractivity contribution >= 4 is 29.7 Å². The first-order valence-electron chi connectivity index (χ1n) is 8.67. The second kappa shape index (κ2) is 7.91. The van der Waals surface area contributed by atoms with Crippen LogP contribution < -0.4 is 10.2 Å². The first kappa shape index (κ1) is 18.3. The van der Waals surface area contributed by atoms with Gasteiger partial charge < -0.3 is 19.5 Å². The molecule has 0 radical (unpaired) electrons. The van der Waals surface area contributed by atoms with Crippen molar-refractivity contribution in [2.24, 2.45) is 0 Å². The fourth-order valence-electron chi connectivity index (χ4n) is 2.81. The Balaban J connectivity index is 1.48. The third-order valence-electron chi connectivity index (χ3n) is 4.24. The van der Waals surface area contributed by atoms with E-state index in [1.54, 1.807) is 29.3 Å². The van der Waals surface area contributed by atoms with Crippen molar-refractivity contribution in [1.29, 1.82) is 0 Å². The molecule has 144 valence electrons. The van der Waals surface area contributed by atoms with Crippen molar-refractivity contribution in [3.05, 3.63) is 47.4 Å². The smallest absolute Gasteiger partial charge is 0.249 e. The first-order chi connectivity index (χ1) is 13.6. The third-order valence-corrected chi connectivity index (χ3v) is 4.49. The Labute approximate surface area is 165 Å². The second-order valence-electron chi connectivity index (χ2n) is 6.16. The molecule has 1 aromatic carbocycles. The topological polar surface area (TPSA) is 106 Å². The number of hydrogen-bond donors (Lipinski definition) is 1. The predicted molar refractivity (Wildman–Crippen MR) is 102 cm³/mol. The molecule has 28 heavy (non-hydrogen) atoms. The van der Waals surface area contributed by atoms with Crippen LogP contribution in [0.15, 0.2) is 41.1 Å². The number of carbonyl (C=O) groups is 1. The molecule has 4 rings (SSSR count). The lowest BCUT2D eigenvalue weighted by atomic mass is 10.2. The maximum atomic E-state index is 11.1. The zero-order valence-corrected chi connectivity index (χ0v) is 15.7. The third kappa shape index (κ3) is 3.80. The average molecular weight is 401 g/mol. The number of aldehydes is 1. The highest BCUT2D eigenvalue weighted by Gasteiger charge is 2.26. The van der Waals surface area contributed by atoms with Gasteiger partial charge in [0.1, 0.15) is 11.9 Å². The van der Waals surface area contributed by atoms with E-state index in [9.17, 15) is 4.79 Å². The minimum absolute atomic E-state index is 0.319. The van der Waals surface area contributed by atoms with E-state index in [1.165, 1.54) is 0 Å². The SMILES string of the molecule is CC(Nc1nccc(N2CCOC2C=O)n1)c1nc(-c2ccc(Cl)cc2)no1. The number of hydrogen-bond acceptors (Lipinski definition) is 9. The quantitative estimate of drug-likeness (QED) is 0.625. The van der Waals surface area contributed by atoms with E-state index in [1.807, 2.05) is 19.1 Å². The van der Waals surface area contributed by atoms with Gasteiger partial charge in [-0.3, -0.25) is 4.79 Å². The molecule has 9 nitrogen and oxygen atoms in total. The van der Waals surface area contributed by atoms with Gasteiger partial charge >= 0.3 is 0 Å². The van der Waals surface area contributed by atoms with Crippen molar-refractivity contribution in [1.82, 2.24) is 20.1 Å². The van der Waals surface area contributed by atoms with Gasteiger partial charge in [0.05, 0.1) is 6.61 Å². The van der Waals surface area contributed by atoms with E-state index in [-0.39, 0.29) is 6.04 Å². The van der Waals surface area contributed by atoms with Gasteiger partial charge in [0, 0.05) is 23.3 Å². The Morgan fingerprint density at radius 1 is 1.29 bits per heavy atom. The van der Waals surface area contributed by atoms with Gasteiger partial charge in [-0.2, -0.15) is 9.97 Å². The van der Waals surface area contributed by atoms with Crippen LogP contribution in [0.5, 0.6) is 0 Å². The maximum Gasteiger partial charge on any atom is 0.249 e. The van der Waals surface area contributed by atoms with Crippen LogP contribution in [0.25, 0.3) is 11.4 Å². The maximum absolute atomic E-state index is 11.1. The molecule has 0 aliphatic carbocycles. The molecule has 1 fully saturated rings. The Morgan fingerprint density at radius 2 is 2.11 bits per heavy atom. The van der Waals surface area contributed by atoms with E-state index in [0.717, 1.165) is 11.8 Å². The van der Waals surface area contributed by atoms with E-state index in [0.29, 0.717) is 41.7 Å². The molecule has 1 saturated heterocycles. The zero-order chi connectivity index (χ0) is 19.5. The summed E-state index contributed by atoms with van der Waals surface area (Å²) in [5.74, 6) is 1.85. The molecule has 3 heterocycles. The lowest BCUT2D eigenvalue weighted by Crippen LogP contribution is -2.32. The number of anilines is 2. The van der Waals surface area contributed by atoms with Crippen LogP contribution in [-0.2, 0) is 9.53 Å². The van der Waals surface area contributed by atoms with E-state index < -0.39 is 6.23 Å². The number of halogens is 1. The highest BCUT2D eigenvalue weighted by molar-refractivity contribution is 6.30. The molecule has 0 bridgehead atoms. The molecule has 1 aliphatic heterocycles. The normalized spacial score (nSPS) is 17.5. The number of benzene rings is 1. The van der Waals surface area contributed by atoms with Crippen LogP contribution >= 0.6 is 11.6 Å². The number of nitrogens with zero attached hydrogens (tertiary/aromatic N) is 5. The summed E-state index contributed by atoms with van der Waals surface area (Å²) in [6, 6.07) is 8.59. The van der Waals surface area contributed by atoms with Gasteiger partial charge in [-0.15, -0.1) is 0 Å². The molecular formula is C18H17ClN6O3. The molecule has 2 atom stereocenters. The van der Waals surface area contributed by atoms with Crippen LogP contribution in [-0.4, -0.2) is 45.8 Å². The minimum atomic E-state index is -0.627. The molecule has 2 unspecified atom stereocenters. The van der Waals surface area contributed by atoms with Crippen molar-refractivity contribution in [3.8, 4) is 11.4 Å². The van der Waals surface area contributed by atoms with Crippen LogP contribution in [0, 0.1) is 0 Å². The van der Waals surface area contributed by atoms with Crippen LogP contribution in [0.2, 0.25) is 5.02 Å². The van der Waals surface area contributed by atoms with Crippen LogP contribution in [0.1, 0.15) is 18.9 Å². The Hall–Kier alpha value is -3.04. The first-order valence-corrected chi connectivity index (χ1v) is 9.04. The van der Waals surface area contributed by atoms with Gasteiger partial charge in [0.15, 0.2) is 12.5 Å². The van der Waals surface area contributed by atoms with Crippen LogP contribution in [0.4, 0.5) is 11.8 Å². The molecule has 10 heteroatoms. The summed E-state index contributed by atoms with van der Waals surface area (Å²) < 4.78 is 10.7. The number of ether oxygens (including phenoxy) is 1. The molecule has 0 saturated carbocycles. The molecule has 2 aromatic heterocycles. The van der Waals surface area contributed by atoms with E-state index in [2.05, 4.69) is 25.4 Å². The molecule has 1 aliphatic rings. The fraction of sp³-hybridized carbons (Fsp3) is 0.278. The molecule has 0 amide bonds. The average Bonchev–Trinajstić information content (AvgIpc) is 3.38. The summed E-state index contributed by atoms with van der Waals surface area (Å²) >= 11 is 5.90. The number of carbonyl (C=O) groups excluding carboxylic acids is 1. The lowest BCUT2D eigenvalue weighted by molar-refractivity contribution is -0.115. The fourth-order valence-corrected chi connectivity index (χ4v) is 2.93. The molecular weight excluding hydrogens is 384 g/mol.